The van der Waals surface area contributed by atoms with E-state index in [1.165, 1.54) is 11.3 Å². The third kappa shape index (κ3) is 1.69. The zero-order chi connectivity index (χ0) is 12.5. The van der Waals surface area contributed by atoms with Gasteiger partial charge in [0.2, 0.25) is 5.78 Å². The maximum absolute atomic E-state index is 12.4. The number of carbonyl (C=O) groups is 1. The zero-order valence-electron chi connectivity index (χ0n) is 9.64. The number of aromatic amines is 1. The molecular weight excluding hydrogens is 248 g/mol. The number of hydrogen-bond donors (Lipinski definition) is 1. The first-order valence-corrected chi connectivity index (χ1v) is 6.27. The van der Waals surface area contributed by atoms with Crippen LogP contribution in [-0.4, -0.2) is 22.9 Å². The molecule has 0 aliphatic carbocycles. The molecule has 90 valence electrons. The Morgan fingerprint density at radius 3 is 3.17 bits per heavy atom. The van der Waals surface area contributed by atoms with Crippen LogP contribution in [0.5, 0.6) is 5.75 Å². The van der Waals surface area contributed by atoms with E-state index in [0.717, 1.165) is 11.0 Å². The second-order valence-corrected chi connectivity index (χ2v) is 4.69. The van der Waals surface area contributed by atoms with Crippen LogP contribution in [0.3, 0.4) is 0 Å². The first-order chi connectivity index (χ1) is 8.79. The van der Waals surface area contributed by atoms with Gasteiger partial charge in [-0.1, -0.05) is 0 Å². The van der Waals surface area contributed by atoms with Crippen molar-refractivity contribution in [1.29, 1.82) is 0 Å². The highest BCUT2D eigenvalue weighted by molar-refractivity contribution is 7.12. The molecular formula is C13H10N2O2S. The molecule has 3 aromatic rings. The Bertz CT molecular complexity index is 714. The highest BCUT2D eigenvalue weighted by Crippen LogP contribution is 2.26. The number of thiophene rings is 1. The van der Waals surface area contributed by atoms with Crippen molar-refractivity contribution in [1.82, 2.24) is 9.97 Å². The van der Waals surface area contributed by atoms with Gasteiger partial charge in [-0.3, -0.25) is 4.79 Å². The number of methoxy groups -OCH3 is 1. The largest absolute Gasteiger partial charge is 0.496 e. The number of fused-ring (bicyclic) bond motifs is 1. The normalized spacial score (nSPS) is 10.7. The van der Waals surface area contributed by atoms with Crippen LogP contribution in [0.2, 0.25) is 0 Å². The average Bonchev–Trinajstić information content (AvgIpc) is 3.04. The highest BCUT2D eigenvalue weighted by Gasteiger charge is 2.16. The average molecular weight is 258 g/mol. The van der Waals surface area contributed by atoms with E-state index in [1.54, 1.807) is 25.6 Å². The fourth-order valence-electron chi connectivity index (χ4n) is 1.82. The van der Waals surface area contributed by atoms with E-state index in [9.17, 15) is 4.79 Å². The minimum absolute atomic E-state index is 0.0115. The fourth-order valence-corrected chi connectivity index (χ4v) is 2.63. The number of pyridine rings is 1. The van der Waals surface area contributed by atoms with Crippen LogP contribution in [0.4, 0.5) is 0 Å². The Kier molecular flexibility index (Phi) is 2.60. The van der Waals surface area contributed by atoms with Crippen molar-refractivity contribution in [2.45, 2.75) is 0 Å². The summed E-state index contributed by atoms with van der Waals surface area (Å²) in [4.78, 5) is 20.2. The summed E-state index contributed by atoms with van der Waals surface area (Å²) in [6.07, 6.45) is 3.40. The lowest BCUT2D eigenvalue weighted by Gasteiger charge is -1.95. The third-order valence-electron chi connectivity index (χ3n) is 2.73. The van der Waals surface area contributed by atoms with Gasteiger partial charge >= 0.3 is 0 Å². The predicted octanol–water partition coefficient (Wildman–Crippen LogP) is 2.86. The topological polar surface area (TPSA) is 55.0 Å². The minimum Gasteiger partial charge on any atom is -0.496 e. The molecule has 3 aromatic heterocycles. The lowest BCUT2D eigenvalue weighted by Crippen LogP contribution is -1.97. The molecule has 3 heterocycles. The van der Waals surface area contributed by atoms with Gasteiger partial charge in [0.25, 0.3) is 0 Å². The van der Waals surface area contributed by atoms with Gasteiger partial charge in [-0.15, -0.1) is 11.3 Å². The Morgan fingerprint density at radius 1 is 1.50 bits per heavy atom. The molecule has 0 spiro atoms. The number of ketones is 1. The van der Waals surface area contributed by atoms with Crippen LogP contribution >= 0.6 is 11.3 Å². The highest BCUT2D eigenvalue weighted by atomic mass is 32.1. The molecule has 1 N–H and O–H groups in total. The van der Waals surface area contributed by atoms with Gasteiger partial charge in [-0.25, -0.2) is 4.98 Å². The predicted molar refractivity (Wildman–Crippen MR) is 70.4 cm³/mol. The number of hydrogen-bond acceptors (Lipinski definition) is 4. The minimum atomic E-state index is -0.0115. The summed E-state index contributed by atoms with van der Waals surface area (Å²) in [6.45, 7) is 0. The number of rotatable bonds is 3. The summed E-state index contributed by atoms with van der Waals surface area (Å²) in [5.74, 6) is 0.698. The number of H-pyrrole nitrogens is 1. The second-order valence-electron chi connectivity index (χ2n) is 3.78. The lowest BCUT2D eigenvalue weighted by atomic mass is 10.1. The molecule has 0 aromatic carbocycles. The summed E-state index contributed by atoms with van der Waals surface area (Å²) < 4.78 is 5.09. The summed E-state index contributed by atoms with van der Waals surface area (Å²) in [6, 6.07) is 5.46. The number of ether oxygens (including phenoxy) is 1. The molecule has 0 saturated heterocycles. The van der Waals surface area contributed by atoms with E-state index >= 15 is 0 Å². The maximum atomic E-state index is 12.4. The Labute approximate surface area is 107 Å². The molecule has 4 nitrogen and oxygen atoms in total. The summed E-state index contributed by atoms with van der Waals surface area (Å²) in [5, 5.41) is 2.66. The molecule has 0 fully saturated rings. The smallest absolute Gasteiger partial charge is 0.205 e. The van der Waals surface area contributed by atoms with E-state index in [4.69, 9.17) is 4.74 Å². The van der Waals surface area contributed by atoms with E-state index in [1.807, 2.05) is 17.5 Å². The van der Waals surface area contributed by atoms with Crippen LogP contribution in [-0.2, 0) is 0 Å². The standard InChI is InChI=1S/C13H10N2O2S/c1-17-8-5-11(18-7-8)12(16)10-6-15-13-9(10)3-2-4-14-13/h2-7H,1H3,(H,14,15). The SMILES string of the molecule is COc1csc(C(=O)c2c[nH]c3ncccc23)c1. The third-order valence-corrected chi connectivity index (χ3v) is 3.64. The van der Waals surface area contributed by atoms with E-state index in [0.29, 0.717) is 16.2 Å². The molecule has 0 radical (unpaired) electrons. The molecule has 0 aliphatic rings. The van der Waals surface area contributed by atoms with Gasteiger partial charge in [0.1, 0.15) is 11.4 Å². The molecule has 0 bridgehead atoms. The first-order valence-electron chi connectivity index (χ1n) is 5.39. The van der Waals surface area contributed by atoms with Crippen molar-refractivity contribution in [2.75, 3.05) is 7.11 Å². The molecule has 0 amide bonds. The second kappa shape index (κ2) is 4.27. The van der Waals surface area contributed by atoms with Gasteiger partial charge < -0.3 is 9.72 Å². The maximum Gasteiger partial charge on any atom is 0.205 e. The monoisotopic (exact) mass is 258 g/mol. The molecule has 3 rings (SSSR count). The Morgan fingerprint density at radius 2 is 2.39 bits per heavy atom. The Balaban J connectivity index is 2.06. The lowest BCUT2D eigenvalue weighted by molar-refractivity contribution is 0.104. The van der Waals surface area contributed by atoms with Crippen molar-refractivity contribution in [3.05, 3.63) is 46.4 Å². The van der Waals surface area contributed by atoms with Crippen molar-refractivity contribution < 1.29 is 9.53 Å². The molecule has 0 unspecified atom stereocenters. The van der Waals surface area contributed by atoms with Gasteiger partial charge in [-0.05, 0) is 12.1 Å². The van der Waals surface area contributed by atoms with E-state index < -0.39 is 0 Å². The van der Waals surface area contributed by atoms with E-state index in [2.05, 4.69) is 9.97 Å². The van der Waals surface area contributed by atoms with E-state index in [-0.39, 0.29) is 5.78 Å². The van der Waals surface area contributed by atoms with Gasteiger partial charge in [0, 0.05) is 29.2 Å². The number of nitrogens with zero attached hydrogens (tertiary/aromatic N) is 1. The number of carbonyl (C=O) groups excluding carboxylic acids is 1. The van der Waals surface area contributed by atoms with Crippen molar-refractivity contribution in [3.8, 4) is 5.75 Å². The first kappa shape index (κ1) is 11.0. The summed E-state index contributed by atoms with van der Waals surface area (Å²) in [7, 11) is 1.59. The van der Waals surface area contributed by atoms with Crippen molar-refractivity contribution >= 4 is 28.2 Å². The molecule has 0 saturated carbocycles. The molecule has 18 heavy (non-hydrogen) atoms. The fraction of sp³-hybridized carbons (Fsp3) is 0.0769. The van der Waals surface area contributed by atoms with Gasteiger partial charge in [0.05, 0.1) is 17.6 Å². The molecule has 5 heteroatoms. The Hall–Kier alpha value is -2.14. The van der Waals surface area contributed by atoms with Crippen molar-refractivity contribution in [2.24, 2.45) is 0 Å². The van der Waals surface area contributed by atoms with Crippen molar-refractivity contribution in [3.63, 3.8) is 0 Å². The van der Waals surface area contributed by atoms with Crippen LogP contribution in [0.15, 0.2) is 36.0 Å². The summed E-state index contributed by atoms with van der Waals surface area (Å²) in [5.41, 5.74) is 1.37. The van der Waals surface area contributed by atoms with Crippen LogP contribution in [0.25, 0.3) is 11.0 Å². The summed E-state index contributed by atoms with van der Waals surface area (Å²) >= 11 is 1.38. The number of aromatic nitrogens is 2. The van der Waals surface area contributed by atoms with Gasteiger partial charge in [-0.2, -0.15) is 0 Å². The van der Waals surface area contributed by atoms with Gasteiger partial charge in [0.15, 0.2) is 0 Å². The van der Waals surface area contributed by atoms with Crippen LogP contribution < -0.4 is 4.74 Å². The van der Waals surface area contributed by atoms with Crippen LogP contribution in [0, 0.1) is 0 Å². The van der Waals surface area contributed by atoms with Crippen LogP contribution in [0.1, 0.15) is 15.2 Å². The number of nitrogens with one attached hydrogen (secondary N) is 1. The quantitative estimate of drug-likeness (QED) is 0.735. The zero-order valence-corrected chi connectivity index (χ0v) is 10.5. The molecule has 0 aliphatic heterocycles. The molecule has 0 atom stereocenters.